The van der Waals surface area contributed by atoms with Gasteiger partial charge in [0.25, 0.3) is 0 Å². The highest BCUT2D eigenvalue weighted by Gasteiger charge is 2.08. The van der Waals surface area contributed by atoms with E-state index in [1.165, 1.54) is 0 Å². The summed E-state index contributed by atoms with van der Waals surface area (Å²) in [5.41, 5.74) is 1.67. The number of carbonyl (C=O) groups excluding carboxylic acids is 1. The van der Waals surface area contributed by atoms with E-state index in [4.69, 9.17) is 32.7 Å². The first-order valence-electron chi connectivity index (χ1n) is 7.37. The molecule has 0 aliphatic heterocycles. The first kappa shape index (κ1) is 18.4. The van der Waals surface area contributed by atoms with Gasteiger partial charge in [-0.1, -0.05) is 29.3 Å². The lowest BCUT2D eigenvalue weighted by molar-refractivity contribution is -0.114. The Morgan fingerprint density at radius 3 is 2.54 bits per heavy atom. The molecule has 0 atom stereocenters. The molecule has 2 rings (SSSR count). The van der Waals surface area contributed by atoms with Gasteiger partial charge < -0.3 is 9.47 Å². The van der Waals surface area contributed by atoms with Crippen molar-refractivity contribution in [2.75, 3.05) is 14.2 Å². The Balaban J connectivity index is 2.04. The Morgan fingerprint density at radius 1 is 1.04 bits per heavy atom. The number of benzene rings is 2. The number of halogens is 2. The fraction of sp³-hybridized carbons (Fsp3) is 0.211. The average molecular weight is 365 g/mol. The lowest BCUT2D eigenvalue weighted by atomic mass is 10.1. The van der Waals surface area contributed by atoms with Crippen LogP contribution in [0.5, 0.6) is 11.5 Å². The first-order valence-corrected chi connectivity index (χ1v) is 8.13. The van der Waals surface area contributed by atoms with Gasteiger partial charge in [-0.25, -0.2) is 0 Å². The molecule has 0 aromatic heterocycles. The van der Waals surface area contributed by atoms with Crippen LogP contribution in [0.3, 0.4) is 0 Å². The first-order chi connectivity index (χ1) is 11.5. The molecule has 0 aliphatic rings. The van der Waals surface area contributed by atoms with E-state index in [1.54, 1.807) is 62.8 Å². The van der Waals surface area contributed by atoms with Gasteiger partial charge in [0.15, 0.2) is 5.78 Å². The molecule has 5 heteroatoms. The van der Waals surface area contributed by atoms with Crippen molar-refractivity contribution in [3.63, 3.8) is 0 Å². The summed E-state index contributed by atoms with van der Waals surface area (Å²) in [5, 5.41) is 1.25. The molecule has 0 bridgehead atoms. The molecule has 0 saturated carbocycles. The zero-order chi connectivity index (χ0) is 17.5. The molecule has 0 fully saturated rings. The van der Waals surface area contributed by atoms with Gasteiger partial charge in [0.05, 0.1) is 14.2 Å². The SMILES string of the molecule is COc1ccc(OC)c(CC(=O)/C=C/Cc2cc(Cl)ccc2Cl)c1. The van der Waals surface area contributed by atoms with Crippen molar-refractivity contribution in [1.29, 1.82) is 0 Å². The quantitative estimate of drug-likeness (QED) is 0.654. The Bertz CT molecular complexity index is 754. The van der Waals surface area contributed by atoms with Crippen molar-refractivity contribution in [2.24, 2.45) is 0 Å². The number of allylic oxidation sites excluding steroid dienone is 2. The van der Waals surface area contributed by atoms with Crippen LogP contribution in [0.1, 0.15) is 11.1 Å². The number of carbonyl (C=O) groups is 1. The zero-order valence-corrected chi connectivity index (χ0v) is 15.0. The minimum absolute atomic E-state index is 0.0281. The number of methoxy groups -OCH3 is 2. The third kappa shape index (κ3) is 5.02. The van der Waals surface area contributed by atoms with E-state index < -0.39 is 0 Å². The molecule has 0 heterocycles. The summed E-state index contributed by atoms with van der Waals surface area (Å²) in [5.74, 6) is 1.32. The topological polar surface area (TPSA) is 35.5 Å². The lowest BCUT2D eigenvalue weighted by Crippen LogP contribution is -2.02. The second-order valence-electron chi connectivity index (χ2n) is 5.16. The molecule has 0 unspecified atom stereocenters. The number of hydrogen-bond donors (Lipinski definition) is 0. The van der Waals surface area contributed by atoms with Gasteiger partial charge in [-0.3, -0.25) is 4.79 Å². The van der Waals surface area contributed by atoms with Crippen LogP contribution in [0.4, 0.5) is 0 Å². The van der Waals surface area contributed by atoms with Crippen LogP contribution in [0.15, 0.2) is 48.6 Å². The Hall–Kier alpha value is -1.97. The molecule has 0 saturated heterocycles. The summed E-state index contributed by atoms with van der Waals surface area (Å²) >= 11 is 12.1. The maximum atomic E-state index is 12.2. The number of ether oxygens (including phenoxy) is 2. The predicted molar refractivity (Wildman–Crippen MR) is 97.6 cm³/mol. The molecule has 0 N–H and O–H groups in total. The van der Waals surface area contributed by atoms with Crippen molar-refractivity contribution in [3.05, 3.63) is 69.7 Å². The van der Waals surface area contributed by atoms with E-state index >= 15 is 0 Å². The number of ketones is 1. The maximum Gasteiger partial charge on any atom is 0.159 e. The van der Waals surface area contributed by atoms with E-state index in [-0.39, 0.29) is 12.2 Å². The van der Waals surface area contributed by atoms with E-state index in [0.29, 0.717) is 28.0 Å². The van der Waals surface area contributed by atoms with E-state index in [2.05, 4.69) is 0 Å². The van der Waals surface area contributed by atoms with Crippen LogP contribution in [-0.4, -0.2) is 20.0 Å². The van der Waals surface area contributed by atoms with Crippen molar-refractivity contribution in [3.8, 4) is 11.5 Å². The fourth-order valence-corrected chi connectivity index (χ4v) is 2.67. The van der Waals surface area contributed by atoms with Gasteiger partial charge >= 0.3 is 0 Å². The van der Waals surface area contributed by atoms with Crippen molar-refractivity contribution in [1.82, 2.24) is 0 Å². The van der Waals surface area contributed by atoms with E-state index in [9.17, 15) is 4.79 Å². The van der Waals surface area contributed by atoms with Gasteiger partial charge in [-0.15, -0.1) is 0 Å². The number of rotatable bonds is 7. The Kier molecular flexibility index (Phi) is 6.71. The molecule has 2 aromatic rings. The fourth-order valence-electron chi connectivity index (χ4n) is 2.28. The second kappa shape index (κ2) is 8.76. The van der Waals surface area contributed by atoms with Crippen LogP contribution in [0, 0.1) is 0 Å². The standard InChI is InChI=1S/C19H18Cl2O3/c1-23-17-7-9-19(24-2)14(12-17)11-16(22)5-3-4-13-10-15(20)6-8-18(13)21/h3,5-10,12H,4,11H2,1-2H3/b5-3+. The predicted octanol–water partition coefficient (Wildman–Crippen LogP) is 4.92. The van der Waals surface area contributed by atoms with Crippen LogP contribution >= 0.6 is 23.2 Å². The maximum absolute atomic E-state index is 12.2. The summed E-state index contributed by atoms with van der Waals surface area (Å²) < 4.78 is 10.5. The highest BCUT2D eigenvalue weighted by atomic mass is 35.5. The Morgan fingerprint density at radius 2 is 1.83 bits per heavy atom. The molecule has 3 nitrogen and oxygen atoms in total. The molecule has 0 radical (unpaired) electrons. The highest BCUT2D eigenvalue weighted by Crippen LogP contribution is 2.25. The molecule has 0 aliphatic carbocycles. The third-order valence-corrected chi connectivity index (χ3v) is 4.11. The largest absolute Gasteiger partial charge is 0.497 e. The van der Waals surface area contributed by atoms with E-state index in [1.807, 2.05) is 0 Å². The third-order valence-electron chi connectivity index (χ3n) is 3.50. The molecule has 0 amide bonds. The van der Waals surface area contributed by atoms with Crippen LogP contribution in [0.25, 0.3) is 0 Å². The highest BCUT2D eigenvalue weighted by molar-refractivity contribution is 6.33. The van der Waals surface area contributed by atoms with Gasteiger partial charge in [-0.2, -0.15) is 0 Å². The minimum atomic E-state index is -0.0281. The molecular formula is C19H18Cl2O3. The molecule has 0 spiro atoms. The minimum Gasteiger partial charge on any atom is -0.497 e. The Labute approximate surface area is 151 Å². The van der Waals surface area contributed by atoms with Crippen LogP contribution in [-0.2, 0) is 17.6 Å². The van der Waals surface area contributed by atoms with Gasteiger partial charge in [0, 0.05) is 22.0 Å². The van der Waals surface area contributed by atoms with Gasteiger partial charge in [-0.05, 0) is 54.5 Å². The average Bonchev–Trinajstić information content (AvgIpc) is 2.57. The van der Waals surface area contributed by atoms with Crippen LogP contribution in [0.2, 0.25) is 10.0 Å². The van der Waals surface area contributed by atoms with Crippen molar-refractivity contribution < 1.29 is 14.3 Å². The molecule has 126 valence electrons. The zero-order valence-electron chi connectivity index (χ0n) is 13.5. The smallest absolute Gasteiger partial charge is 0.159 e. The summed E-state index contributed by atoms with van der Waals surface area (Å²) in [4.78, 5) is 12.2. The molecular weight excluding hydrogens is 347 g/mol. The summed E-state index contributed by atoms with van der Waals surface area (Å²) in [6.45, 7) is 0. The second-order valence-corrected chi connectivity index (χ2v) is 6.01. The van der Waals surface area contributed by atoms with E-state index in [0.717, 1.165) is 11.1 Å². The monoisotopic (exact) mass is 364 g/mol. The number of hydrogen-bond acceptors (Lipinski definition) is 3. The van der Waals surface area contributed by atoms with Gasteiger partial charge in [0.1, 0.15) is 11.5 Å². The van der Waals surface area contributed by atoms with Crippen molar-refractivity contribution in [2.45, 2.75) is 12.8 Å². The molecule has 24 heavy (non-hydrogen) atoms. The summed E-state index contributed by atoms with van der Waals surface area (Å²) in [6, 6.07) is 10.7. The summed E-state index contributed by atoms with van der Waals surface area (Å²) in [7, 11) is 3.16. The summed E-state index contributed by atoms with van der Waals surface area (Å²) in [6.07, 6.45) is 4.11. The lowest BCUT2D eigenvalue weighted by Gasteiger charge is -2.09. The van der Waals surface area contributed by atoms with Crippen molar-refractivity contribution >= 4 is 29.0 Å². The van der Waals surface area contributed by atoms with Gasteiger partial charge in [0.2, 0.25) is 0 Å². The molecule has 2 aromatic carbocycles. The van der Waals surface area contributed by atoms with Crippen LogP contribution < -0.4 is 9.47 Å². The normalized spacial score (nSPS) is 10.8.